The number of aromatic nitrogens is 1. The Bertz CT molecular complexity index is 814. The van der Waals surface area contributed by atoms with Crippen molar-refractivity contribution in [2.45, 2.75) is 0 Å². The second kappa shape index (κ2) is 6.26. The van der Waals surface area contributed by atoms with Crippen molar-refractivity contribution in [1.29, 1.82) is 0 Å². The van der Waals surface area contributed by atoms with Crippen molar-refractivity contribution in [2.75, 3.05) is 21.3 Å². The first-order valence-electron chi connectivity index (χ1n) is 6.88. The zero-order valence-corrected chi connectivity index (χ0v) is 13.8. The molecule has 0 aliphatic heterocycles. The van der Waals surface area contributed by atoms with Crippen molar-refractivity contribution in [3.8, 4) is 17.2 Å². The van der Waals surface area contributed by atoms with Crippen LogP contribution in [0, 0.1) is 0 Å². The molecule has 3 aromatic rings. The minimum absolute atomic E-state index is 0.234. The first kappa shape index (κ1) is 15.3. The number of methoxy groups -OCH3 is 3. The topological polar surface area (TPSA) is 57.7 Å². The van der Waals surface area contributed by atoms with E-state index in [0.29, 0.717) is 27.8 Å². The summed E-state index contributed by atoms with van der Waals surface area (Å²) in [5.41, 5.74) is 1.14. The molecule has 0 fully saturated rings. The predicted octanol–water partition coefficient (Wildman–Crippen LogP) is 3.55. The molecule has 0 amide bonds. The fourth-order valence-corrected chi connectivity index (χ4v) is 3.22. The summed E-state index contributed by atoms with van der Waals surface area (Å²) in [4.78, 5) is 17.3. The number of ketones is 1. The van der Waals surface area contributed by atoms with Gasteiger partial charge < -0.3 is 14.2 Å². The minimum atomic E-state index is -0.234. The lowest BCUT2D eigenvalue weighted by molar-refractivity contribution is 0.103. The van der Waals surface area contributed by atoms with Gasteiger partial charge >= 0.3 is 0 Å². The monoisotopic (exact) mass is 329 g/mol. The van der Waals surface area contributed by atoms with Gasteiger partial charge in [0.2, 0.25) is 5.78 Å². The molecule has 0 unspecified atom stereocenters. The first-order chi connectivity index (χ1) is 11.2. The maximum atomic E-state index is 12.9. The molecule has 0 N–H and O–H groups in total. The Morgan fingerprint density at radius 3 is 2.22 bits per heavy atom. The van der Waals surface area contributed by atoms with Crippen LogP contribution < -0.4 is 14.2 Å². The summed E-state index contributed by atoms with van der Waals surface area (Å²) < 4.78 is 16.8. The third kappa shape index (κ3) is 2.73. The summed E-state index contributed by atoms with van der Waals surface area (Å²) >= 11 is 1.35. The Hall–Kier alpha value is -2.60. The van der Waals surface area contributed by atoms with Crippen LogP contribution in [0.4, 0.5) is 0 Å². The highest BCUT2D eigenvalue weighted by Crippen LogP contribution is 2.36. The van der Waals surface area contributed by atoms with E-state index in [1.807, 2.05) is 24.3 Å². The van der Waals surface area contributed by atoms with Crippen molar-refractivity contribution in [3.63, 3.8) is 0 Å². The van der Waals surface area contributed by atoms with Gasteiger partial charge in [0.25, 0.3) is 0 Å². The van der Waals surface area contributed by atoms with Gasteiger partial charge in [-0.25, -0.2) is 4.98 Å². The SMILES string of the molecule is COc1cc(OC)c(C(=O)c2nc3ccccc3s2)c(OC)c1. The fourth-order valence-electron chi connectivity index (χ4n) is 2.31. The molecular formula is C17H15NO4S. The molecule has 0 aliphatic carbocycles. The number of para-hydroxylation sites is 1. The number of fused-ring (bicyclic) bond motifs is 1. The molecule has 0 spiro atoms. The average molecular weight is 329 g/mol. The number of carbonyl (C=O) groups is 1. The van der Waals surface area contributed by atoms with Crippen LogP contribution in [0.25, 0.3) is 10.2 Å². The van der Waals surface area contributed by atoms with Crippen LogP contribution in [0.3, 0.4) is 0 Å². The van der Waals surface area contributed by atoms with E-state index in [0.717, 1.165) is 10.2 Å². The molecule has 0 bridgehead atoms. The smallest absolute Gasteiger partial charge is 0.229 e. The van der Waals surface area contributed by atoms with Crippen LogP contribution >= 0.6 is 11.3 Å². The quantitative estimate of drug-likeness (QED) is 0.670. The van der Waals surface area contributed by atoms with Crippen LogP contribution in [0.15, 0.2) is 36.4 Å². The zero-order chi connectivity index (χ0) is 16.4. The second-order valence-corrected chi connectivity index (χ2v) is 5.75. The van der Waals surface area contributed by atoms with Gasteiger partial charge in [-0.1, -0.05) is 12.1 Å². The number of hydrogen-bond acceptors (Lipinski definition) is 6. The van der Waals surface area contributed by atoms with E-state index in [9.17, 15) is 4.79 Å². The molecule has 1 aromatic heterocycles. The molecule has 1 heterocycles. The van der Waals surface area contributed by atoms with E-state index in [-0.39, 0.29) is 5.78 Å². The number of thiazole rings is 1. The summed E-state index contributed by atoms with van der Waals surface area (Å²) in [6.07, 6.45) is 0. The van der Waals surface area contributed by atoms with Crippen molar-refractivity contribution < 1.29 is 19.0 Å². The molecule has 118 valence electrons. The van der Waals surface area contributed by atoms with Gasteiger partial charge in [-0.05, 0) is 12.1 Å². The Kier molecular flexibility index (Phi) is 4.16. The number of ether oxygens (including phenoxy) is 3. The van der Waals surface area contributed by atoms with Gasteiger partial charge in [0.1, 0.15) is 22.8 Å². The standard InChI is InChI=1S/C17H15NO4S/c1-20-10-8-12(21-2)15(13(9-10)22-3)16(19)17-18-11-6-4-5-7-14(11)23-17/h4-9H,1-3H3. The first-order valence-corrected chi connectivity index (χ1v) is 7.70. The number of hydrogen-bond donors (Lipinski definition) is 0. The summed E-state index contributed by atoms with van der Waals surface area (Å²) in [6, 6.07) is 10.9. The van der Waals surface area contributed by atoms with Crippen molar-refractivity contribution >= 4 is 27.3 Å². The number of carbonyl (C=O) groups excluding carboxylic acids is 1. The van der Waals surface area contributed by atoms with E-state index in [4.69, 9.17) is 14.2 Å². The van der Waals surface area contributed by atoms with Crippen LogP contribution in [-0.2, 0) is 0 Å². The third-order valence-electron chi connectivity index (χ3n) is 3.43. The van der Waals surface area contributed by atoms with Gasteiger partial charge in [0, 0.05) is 12.1 Å². The highest BCUT2D eigenvalue weighted by Gasteiger charge is 2.24. The number of rotatable bonds is 5. The van der Waals surface area contributed by atoms with E-state index >= 15 is 0 Å². The average Bonchev–Trinajstić information content (AvgIpc) is 3.03. The van der Waals surface area contributed by atoms with Crippen LogP contribution in [0.2, 0.25) is 0 Å². The molecule has 0 atom stereocenters. The highest BCUT2D eigenvalue weighted by molar-refractivity contribution is 7.20. The van der Waals surface area contributed by atoms with Crippen LogP contribution in [0.5, 0.6) is 17.2 Å². The Morgan fingerprint density at radius 1 is 1.00 bits per heavy atom. The molecule has 0 aliphatic rings. The normalized spacial score (nSPS) is 10.6. The lowest BCUT2D eigenvalue weighted by Crippen LogP contribution is -2.06. The molecule has 3 rings (SSSR count). The maximum absolute atomic E-state index is 12.9. The largest absolute Gasteiger partial charge is 0.496 e. The summed E-state index contributed by atoms with van der Waals surface area (Å²) in [7, 11) is 4.55. The summed E-state index contributed by atoms with van der Waals surface area (Å²) in [5.74, 6) is 1.11. The van der Waals surface area contributed by atoms with Crippen molar-refractivity contribution in [1.82, 2.24) is 4.98 Å². The Labute approximate surface area is 137 Å². The maximum Gasteiger partial charge on any atom is 0.229 e. The molecule has 23 heavy (non-hydrogen) atoms. The van der Waals surface area contributed by atoms with E-state index in [2.05, 4.69) is 4.98 Å². The van der Waals surface area contributed by atoms with Crippen molar-refractivity contribution in [2.24, 2.45) is 0 Å². The summed E-state index contributed by atoms with van der Waals surface area (Å²) in [6.45, 7) is 0. The van der Waals surface area contributed by atoms with E-state index in [1.54, 1.807) is 19.2 Å². The van der Waals surface area contributed by atoms with Crippen LogP contribution in [-0.4, -0.2) is 32.1 Å². The Morgan fingerprint density at radius 2 is 1.65 bits per heavy atom. The second-order valence-electron chi connectivity index (χ2n) is 4.72. The van der Waals surface area contributed by atoms with Crippen LogP contribution in [0.1, 0.15) is 15.4 Å². The number of nitrogens with zero attached hydrogens (tertiary/aromatic N) is 1. The predicted molar refractivity (Wildman–Crippen MR) is 89.2 cm³/mol. The molecular weight excluding hydrogens is 314 g/mol. The van der Waals surface area contributed by atoms with Gasteiger partial charge in [0.15, 0.2) is 5.01 Å². The molecule has 0 saturated carbocycles. The fraction of sp³-hybridized carbons (Fsp3) is 0.176. The third-order valence-corrected chi connectivity index (χ3v) is 4.47. The van der Waals surface area contributed by atoms with E-state index < -0.39 is 0 Å². The highest BCUT2D eigenvalue weighted by atomic mass is 32.1. The minimum Gasteiger partial charge on any atom is -0.496 e. The van der Waals surface area contributed by atoms with Gasteiger partial charge in [-0.15, -0.1) is 11.3 Å². The van der Waals surface area contributed by atoms with Gasteiger partial charge in [0.05, 0.1) is 31.5 Å². The number of benzene rings is 2. The Balaban J connectivity index is 2.14. The van der Waals surface area contributed by atoms with E-state index in [1.165, 1.54) is 25.6 Å². The summed E-state index contributed by atoms with van der Waals surface area (Å²) in [5, 5.41) is 0.396. The zero-order valence-electron chi connectivity index (χ0n) is 13.0. The molecule has 2 aromatic carbocycles. The lowest BCUT2D eigenvalue weighted by Gasteiger charge is -2.13. The lowest BCUT2D eigenvalue weighted by atomic mass is 10.1. The molecule has 5 nitrogen and oxygen atoms in total. The molecule has 0 saturated heterocycles. The van der Waals surface area contributed by atoms with Crippen molar-refractivity contribution in [3.05, 3.63) is 47.0 Å². The van der Waals surface area contributed by atoms with Gasteiger partial charge in [-0.2, -0.15) is 0 Å². The molecule has 6 heteroatoms. The van der Waals surface area contributed by atoms with Gasteiger partial charge in [-0.3, -0.25) is 4.79 Å². The molecule has 0 radical (unpaired) electrons.